The van der Waals surface area contributed by atoms with Crippen LogP contribution in [0.15, 0.2) is 18.3 Å². The third-order valence-electron chi connectivity index (χ3n) is 3.27. The fraction of sp³-hybridized carbons (Fsp3) is 0.600. The highest BCUT2D eigenvalue weighted by Gasteiger charge is 2.31. The van der Waals surface area contributed by atoms with Crippen LogP contribution in [0, 0.1) is 0 Å². The standard InChI is InChI=1S/C15H22ClN3O2/c1-15(2,3)21-14(20)19-8-4-5-12(19)10-17-11-6-7-13(16)18-9-11/h6-7,9,12,17H,4-5,8,10H2,1-3H3/t12-/m0/s1. The number of nitrogens with zero attached hydrogens (tertiary/aromatic N) is 2. The molecule has 6 heteroatoms. The first kappa shape index (κ1) is 15.9. The number of rotatable bonds is 3. The van der Waals surface area contributed by atoms with E-state index in [4.69, 9.17) is 16.3 Å². The van der Waals surface area contributed by atoms with Crippen LogP contribution < -0.4 is 5.32 Å². The van der Waals surface area contributed by atoms with Crippen LogP contribution in [0.4, 0.5) is 10.5 Å². The topological polar surface area (TPSA) is 54.5 Å². The number of anilines is 1. The molecule has 1 aromatic heterocycles. The summed E-state index contributed by atoms with van der Waals surface area (Å²) in [5, 5.41) is 3.76. The second kappa shape index (κ2) is 6.52. The van der Waals surface area contributed by atoms with Gasteiger partial charge in [-0.1, -0.05) is 11.6 Å². The zero-order valence-electron chi connectivity index (χ0n) is 12.7. The van der Waals surface area contributed by atoms with Gasteiger partial charge >= 0.3 is 6.09 Å². The van der Waals surface area contributed by atoms with Gasteiger partial charge in [0, 0.05) is 13.1 Å². The van der Waals surface area contributed by atoms with Crippen LogP contribution in [0.1, 0.15) is 33.6 Å². The third-order valence-corrected chi connectivity index (χ3v) is 3.50. The number of ether oxygens (including phenoxy) is 1. The Labute approximate surface area is 130 Å². The van der Waals surface area contributed by atoms with Gasteiger partial charge in [0.1, 0.15) is 10.8 Å². The predicted octanol–water partition coefficient (Wildman–Crippen LogP) is 3.55. The molecule has 116 valence electrons. The van der Waals surface area contributed by atoms with E-state index in [0.717, 1.165) is 25.1 Å². The quantitative estimate of drug-likeness (QED) is 0.867. The Hall–Kier alpha value is -1.49. The van der Waals surface area contributed by atoms with Crippen molar-refractivity contribution >= 4 is 23.4 Å². The van der Waals surface area contributed by atoms with Gasteiger partial charge in [-0.15, -0.1) is 0 Å². The second-order valence-corrected chi connectivity index (χ2v) is 6.61. The Balaban J connectivity index is 1.90. The molecular formula is C15H22ClN3O2. The van der Waals surface area contributed by atoms with E-state index in [2.05, 4.69) is 10.3 Å². The van der Waals surface area contributed by atoms with Crippen LogP contribution in [0.3, 0.4) is 0 Å². The van der Waals surface area contributed by atoms with Gasteiger partial charge in [0.25, 0.3) is 0 Å². The van der Waals surface area contributed by atoms with E-state index < -0.39 is 5.60 Å². The number of carbonyl (C=O) groups is 1. The minimum absolute atomic E-state index is 0.149. The minimum atomic E-state index is -0.461. The summed E-state index contributed by atoms with van der Waals surface area (Å²) < 4.78 is 5.45. The van der Waals surface area contributed by atoms with Gasteiger partial charge in [-0.05, 0) is 45.7 Å². The molecule has 1 N–H and O–H groups in total. The first-order valence-electron chi connectivity index (χ1n) is 7.20. The molecular weight excluding hydrogens is 290 g/mol. The Morgan fingerprint density at radius 1 is 1.52 bits per heavy atom. The molecule has 1 atom stereocenters. The van der Waals surface area contributed by atoms with Crippen molar-refractivity contribution in [3.8, 4) is 0 Å². The lowest BCUT2D eigenvalue weighted by Crippen LogP contribution is -2.42. The van der Waals surface area contributed by atoms with Gasteiger partial charge in [0.15, 0.2) is 0 Å². The molecule has 0 unspecified atom stereocenters. The summed E-state index contributed by atoms with van der Waals surface area (Å²) in [7, 11) is 0. The maximum absolute atomic E-state index is 12.2. The molecule has 1 aliphatic heterocycles. The molecule has 2 heterocycles. The van der Waals surface area contributed by atoms with Crippen molar-refractivity contribution < 1.29 is 9.53 Å². The Morgan fingerprint density at radius 3 is 2.90 bits per heavy atom. The van der Waals surface area contributed by atoms with Crippen LogP contribution >= 0.6 is 11.6 Å². The normalized spacial score (nSPS) is 18.7. The number of pyridine rings is 1. The predicted molar refractivity (Wildman–Crippen MR) is 83.7 cm³/mol. The summed E-state index contributed by atoms with van der Waals surface area (Å²) in [5.74, 6) is 0. The van der Waals surface area contributed by atoms with Crippen molar-refractivity contribution in [2.24, 2.45) is 0 Å². The monoisotopic (exact) mass is 311 g/mol. The molecule has 2 rings (SSSR count). The van der Waals surface area contributed by atoms with Crippen LogP contribution in [0.2, 0.25) is 5.15 Å². The molecule has 0 aromatic carbocycles. The molecule has 0 spiro atoms. The lowest BCUT2D eigenvalue weighted by atomic mass is 10.2. The van der Waals surface area contributed by atoms with Gasteiger partial charge in [0.05, 0.1) is 17.9 Å². The number of aromatic nitrogens is 1. The molecule has 0 radical (unpaired) electrons. The summed E-state index contributed by atoms with van der Waals surface area (Å²) in [6, 6.07) is 3.77. The fourth-order valence-electron chi connectivity index (χ4n) is 2.32. The summed E-state index contributed by atoms with van der Waals surface area (Å²) >= 11 is 5.76. The summed E-state index contributed by atoms with van der Waals surface area (Å²) in [4.78, 5) is 18.0. The van der Waals surface area contributed by atoms with Gasteiger partial charge in [-0.2, -0.15) is 0 Å². The molecule has 0 bridgehead atoms. The molecule has 0 aliphatic carbocycles. The van der Waals surface area contributed by atoms with Gasteiger partial charge in [0.2, 0.25) is 0 Å². The number of carbonyl (C=O) groups excluding carboxylic acids is 1. The van der Waals surface area contributed by atoms with Crippen LogP contribution in [-0.4, -0.2) is 40.7 Å². The lowest BCUT2D eigenvalue weighted by Gasteiger charge is -2.28. The molecule has 21 heavy (non-hydrogen) atoms. The second-order valence-electron chi connectivity index (χ2n) is 6.22. The van der Waals surface area contributed by atoms with Crippen molar-refractivity contribution in [3.63, 3.8) is 0 Å². The third kappa shape index (κ3) is 4.77. The fourth-order valence-corrected chi connectivity index (χ4v) is 2.44. The van der Waals surface area contributed by atoms with Crippen molar-refractivity contribution in [3.05, 3.63) is 23.5 Å². The van der Waals surface area contributed by atoms with E-state index in [-0.39, 0.29) is 12.1 Å². The van der Waals surface area contributed by atoms with Gasteiger partial charge < -0.3 is 15.0 Å². The van der Waals surface area contributed by atoms with E-state index in [0.29, 0.717) is 11.7 Å². The molecule has 1 amide bonds. The van der Waals surface area contributed by atoms with Crippen LogP contribution in [-0.2, 0) is 4.74 Å². The average molecular weight is 312 g/mol. The number of amides is 1. The maximum atomic E-state index is 12.2. The Morgan fingerprint density at radius 2 is 2.29 bits per heavy atom. The maximum Gasteiger partial charge on any atom is 0.410 e. The number of halogens is 1. The smallest absolute Gasteiger partial charge is 0.410 e. The summed E-state index contributed by atoms with van der Waals surface area (Å²) in [5.41, 5.74) is 0.438. The zero-order valence-corrected chi connectivity index (χ0v) is 13.5. The molecule has 1 aromatic rings. The number of nitrogens with one attached hydrogen (secondary N) is 1. The first-order chi connectivity index (χ1) is 9.85. The highest BCUT2D eigenvalue weighted by atomic mass is 35.5. The average Bonchev–Trinajstić information content (AvgIpc) is 2.84. The molecule has 1 fully saturated rings. The zero-order chi connectivity index (χ0) is 15.5. The Bertz CT molecular complexity index is 485. The molecule has 0 saturated carbocycles. The SMILES string of the molecule is CC(C)(C)OC(=O)N1CCC[C@H]1CNc1ccc(Cl)nc1. The largest absolute Gasteiger partial charge is 0.444 e. The molecule has 1 aliphatic rings. The highest BCUT2D eigenvalue weighted by molar-refractivity contribution is 6.29. The lowest BCUT2D eigenvalue weighted by molar-refractivity contribution is 0.0235. The van der Waals surface area contributed by atoms with E-state index in [1.165, 1.54) is 0 Å². The van der Waals surface area contributed by atoms with E-state index in [1.807, 2.05) is 31.7 Å². The number of likely N-dealkylation sites (tertiary alicyclic amines) is 1. The molecule has 5 nitrogen and oxygen atoms in total. The van der Waals surface area contributed by atoms with Crippen molar-refractivity contribution in [2.45, 2.75) is 45.3 Å². The summed E-state index contributed by atoms with van der Waals surface area (Å²) in [6.45, 7) is 7.08. The highest BCUT2D eigenvalue weighted by Crippen LogP contribution is 2.21. The van der Waals surface area contributed by atoms with E-state index >= 15 is 0 Å². The minimum Gasteiger partial charge on any atom is -0.444 e. The number of hydrogen-bond donors (Lipinski definition) is 1. The van der Waals surface area contributed by atoms with Crippen LogP contribution in [0.25, 0.3) is 0 Å². The van der Waals surface area contributed by atoms with Crippen molar-refractivity contribution in [1.29, 1.82) is 0 Å². The molecule has 1 saturated heterocycles. The summed E-state index contributed by atoms with van der Waals surface area (Å²) in [6.07, 6.45) is 3.44. The van der Waals surface area contributed by atoms with Crippen molar-refractivity contribution in [2.75, 3.05) is 18.4 Å². The first-order valence-corrected chi connectivity index (χ1v) is 7.58. The number of hydrogen-bond acceptors (Lipinski definition) is 4. The van der Waals surface area contributed by atoms with Crippen molar-refractivity contribution in [1.82, 2.24) is 9.88 Å². The Kier molecular flexibility index (Phi) is 4.93. The van der Waals surface area contributed by atoms with E-state index in [1.54, 1.807) is 12.3 Å². The van der Waals surface area contributed by atoms with E-state index in [9.17, 15) is 4.79 Å². The van der Waals surface area contributed by atoms with Crippen LogP contribution in [0.5, 0.6) is 0 Å². The van der Waals surface area contributed by atoms with Gasteiger partial charge in [-0.25, -0.2) is 9.78 Å². The van der Waals surface area contributed by atoms with Gasteiger partial charge in [-0.3, -0.25) is 0 Å².